The number of carbonyl (C=O) groups excluding carboxylic acids is 3. The zero-order chi connectivity index (χ0) is 24.7. The highest BCUT2D eigenvalue weighted by atomic mass is 79.9. The number of Topliss-reactive ketones (excluding diaryl/α,β-unsaturated/α-hetero) is 1. The van der Waals surface area contributed by atoms with Crippen LogP contribution in [0.3, 0.4) is 0 Å². The van der Waals surface area contributed by atoms with E-state index in [2.05, 4.69) is 5.32 Å². The maximum Gasteiger partial charge on any atom is 0.408 e. The van der Waals surface area contributed by atoms with Crippen LogP contribution in [0, 0.1) is 5.92 Å². The van der Waals surface area contributed by atoms with Gasteiger partial charge in [0, 0.05) is 31.4 Å². The summed E-state index contributed by atoms with van der Waals surface area (Å²) in [6, 6.07) is 17.3. The van der Waals surface area contributed by atoms with Crippen LogP contribution in [0.2, 0.25) is 0 Å². The molecule has 2 aromatic carbocycles. The molecule has 194 valence electrons. The van der Waals surface area contributed by atoms with E-state index in [1.807, 2.05) is 36.4 Å². The van der Waals surface area contributed by atoms with Crippen LogP contribution in [-0.4, -0.2) is 74.9 Å². The Balaban J connectivity index is 0.00000361. The van der Waals surface area contributed by atoms with Gasteiger partial charge in [-0.3, -0.25) is 4.79 Å². The van der Waals surface area contributed by atoms with E-state index in [9.17, 15) is 14.4 Å². The standard InChI is InChI=1S/C27H32N2O6.BrH/c1-33-16-17-34-27(32)28-25(22-10-6-3-7-11-22)26(31)35-24-19-29(14-12-21(24)13-15-29)18-23(30)20-8-4-2-5-9-20;/h2-11,21,24-25H,12-19H2,1H3;1H/t21?,24-,25?,29?;/m0./s1. The summed E-state index contributed by atoms with van der Waals surface area (Å²) < 4.78 is 16.7. The zero-order valence-corrected chi connectivity index (χ0v) is 22.0. The summed E-state index contributed by atoms with van der Waals surface area (Å²) in [6.07, 6.45) is 0.801. The molecule has 1 unspecified atom stereocenters. The fraction of sp³-hybridized carbons (Fsp3) is 0.444. The quantitative estimate of drug-likeness (QED) is 0.192. The Hall–Kier alpha value is -2.75. The Kier molecular flexibility index (Phi) is 10.0. The number of benzene rings is 2. The third-order valence-corrected chi connectivity index (χ3v) is 7.04. The number of hydrogen-bond donors (Lipinski definition) is 1. The average molecular weight is 561 g/mol. The molecule has 1 N–H and O–H groups in total. The lowest BCUT2D eigenvalue weighted by atomic mass is 9.82. The Labute approximate surface area is 222 Å². The molecule has 3 fully saturated rings. The van der Waals surface area contributed by atoms with Crippen molar-refractivity contribution < 1.29 is 50.1 Å². The van der Waals surface area contributed by atoms with Gasteiger partial charge in [-0.05, 0) is 5.56 Å². The molecule has 3 heterocycles. The molecule has 8 nitrogen and oxygen atoms in total. The molecule has 2 aromatic rings. The van der Waals surface area contributed by atoms with Crippen molar-refractivity contribution in [1.29, 1.82) is 0 Å². The summed E-state index contributed by atoms with van der Waals surface area (Å²) >= 11 is 0. The maximum atomic E-state index is 13.3. The first kappa shape index (κ1) is 27.8. The number of ketones is 1. The van der Waals surface area contributed by atoms with Crippen molar-refractivity contribution in [2.75, 3.05) is 46.5 Å². The first-order chi connectivity index (χ1) is 17.0. The van der Waals surface area contributed by atoms with Crippen LogP contribution in [-0.2, 0) is 19.0 Å². The third-order valence-electron chi connectivity index (χ3n) is 7.04. The second kappa shape index (κ2) is 13.0. The van der Waals surface area contributed by atoms with E-state index in [1.54, 1.807) is 24.3 Å². The average Bonchev–Trinajstić information content (AvgIpc) is 2.89. The van der Waals surface area contributed by atoms with Gasteiger partial charge >= 0.3 is 12.1 Å². The van der Waals surface area contributed by atoms with E-state index >= 15 is 0 Å². The lowest BCUT2D eigenvalue weighted by molar-refractivity contribution is -0.938. The Morgan fingerprint density at radius 2 is 1.61 bits per heavy atom. The Morgan fingerprint density at radius 3 is 2.25 bits per heavy atom. The summed E-state index contributed by atoms with van der Waals surface area (Å²) in [5.74, 6) is -0.152. The van der Waals surface area contributed by atoms with Gasteiger partial charge in [0.15, 0.2) is 12.1 Å². The summed E-state index contributed by atoms with van der Waals surface area (Å²) in [5, 5.41) is 2.64. The molecular formula is C27H33BrN2O6. The van der Waals surface area contributed by atoms with Crippen LogP contribution < -0.4 is 22.3 Å². The second-order valence-corrected chi connectivity index (χ2v) is 9.35. The van der Waals surface area contributed by atoms with Gasteiger partial charge in [0.2, 0.25) is 5.78 Å². The van der Waals surface area contributed by atoms with E-state index in [-0.39, 0.29) is 48.0 Å². The normalized spacial score (nSPS) is 23.1. The SMILES string of the molecule is COCCOC(=O)NC(C(=O)O[C@H]1C[N+]2(CC(=O)c3ccccc3)CCC1CC2)c1ccccc1.[Br-]. The number of fused-ring (bicyclic) bond motifs is 3. The summed E-state index contributed by atoms with van der Waals surface area (Å²) in [5.41, 5.74) is 1.33. The van der Waals surface area contributed by atoms with Crippen molar-refractivity contribution in [2.45, 2.75) is 25.0 Å². The van der Waals surface area contributed by atoms with Gasteiger partial charge in [-0.1, -0.05) is 60.7 Å². The lowest BCUT2D eigenvalue weighted by Gasteiger charge is -2.51. The van der Waals surface area contributed by atoms with Crippen molar-refractivity contribution in [1.82, 2.24) is 5.32 Å². The minimum atomic E-state index is -0.985. The first-order valence-electron chi connectivity index (χ1n) is 12.1. The van der Waals surface area contributed by atoms with Crippen molar-refractivity contribution in [3.63, 3.8) is 0 Å². The number of carbonyl (C=O) groups is 3. The molecule has 0 aromatic heterocycles. The third kappa shape index (κ3) is 6.93. The van der Waals surface area contributed by atoms with Crippen LogP contribution in [0.1, 0.15) is 34.8 Å². The molecule has 3 aliphatic heterocycles. The molecule has 2 atom stereocenters. The summed E-state index contributed by atoms with van der Waals surface area (Å²) in [4.78, 5) is 38.6. The molecule has 0 spiro atoms. The molecule has 9 heteroatoms. The van der Waals surface area contributed by atoms with Crippen molar-refractivity contribution in [2.24, 2.45) is 5.92 Å². The highest BCUT2D eigenvalue weighted by Gasteiger charge is 2.49. The number of ether oxygens (including phenoxy) is 3. The second-order valence-electron chi connectivity index (χ2n) is 9.35. The van der Waals surface area contributed by atoms with Crippen LogP contribution in [0.5, 0.6) is 0 Å². The minimum Gasteiger partial charge on any atom is -1.00 e. The topological polar surface area (TPSA) is 90.9 Å². The first-order valence-corrected chi connectivity index (χ1v) is 12.1. The highest BCUT2D eigenvalue weighted by molar-refractivity contribution is 5.97. The molecule has 0 saturated carbocycles. The number of hydrogen-bond acceptors (Lipinski definition) is 6. The Bertz CT molecular complexity index is 1010. The molecular weight excluding hydrogens is 528 g/mol. The summed E-state index contributed by atoms with van der Waals surface area (Å²) in [7, 11) is 1.52. The van der Waals surface area contributed by atoms with E-state index in [1.165, 1.54) is 7.11 Å². The van der Waals surface area contributed by atoms with Crippen LogP contribution in [0.4, 0.5) is 4.79 Å². The molecule has 5 rings (SSSR count). The number of methoxy groups -OCH3 is 1. The molecule has 3 aliphatic rings. The smallest absolute Gasteiger partial charge is 0.408 e. The number of nitrogens with zero attached hydrogens (tertiary/aromatic N) is 1. The lowest BCUT2D eigenvalue weighted by Crippen LogP contribution is -3.00. The molecule has 0 radical (unpaired) electrons. The number of amides is 1. The highest BCUT2D eigenvalue weighted by Crippen LogP contribution is 2.36. The number of rotatable bonds is 10. The molecule has 1 amide bonds. The predicted molar refractivity (Wildman–Crippen MR) is 129 cm³/mol. The maximum absolute atomic E-state index is 13.3. The van der Waals surface area contributed by atoms with Gasteiger partial charge in [0.1, 0.15) is 19.7 Å². The molecule has 3 saturated heterocycles. The van der Waals surface area contributed by atoms with Gasteiger partial charge in [-0.2, -0.15) is 0 Å². The van der Waals surface area contributed by atoms with Crippen molar-refractivity contribution in [3.05, 3.63) is 71.8 Å². The van der Waals surface area contributed by atoms with E-state index < -0.39 is 18.1 Å². The fourth-order valence-corrected chi connectivity index (χ4v) is 5.12. The number of halogens is 1. The van der Waals surface area contributed by atoms with E-state index in [4.69, 9.17) is 14.2 Å². The van der Waals surface area contributed by atoms with Crippen molar-refractivity contribution in [3.8, 4) is 0 Å². The number of piperidine rings is 3. The van der Waals surface area contributed by atoms with Gasteiger partial charge in [-0.25, -0.2) is 9.59 Å². The number of quaternary nitrogens is 1. The number of nitrogens with one attached hydrogen (secondary N) is 1. The Morgan fingerprint density at radius 1 is 0.972 bits per heavy atom. The molecule has 0 aliphatic carbocycles. The van der Waals surface area contributed by atoms with Gasteiger partial charge in [0.05, 0.1) is 19.7 Å². The van der Waals surface area contributed by atoms with Crippen LogP contribution >= 0.6 is 0 Å². The van der Waals surface area contributed by atoms with Gasteiger partial charge in [0.25, 0.3) is 0 Å². The summed E-state index contributed by atoms with van der Waals surface area (Å²) in [6.45, 7) is 3.16. The molecule has 2 bridgehead atoms. The monoisotopic (exact) mass is 560 g/mol. The predicted octanol–water partition coefficient (Wildman–Crippen LogP) is 0.139. The number of alkyl carbamates (subject to hydrolysis) is 1. The van der Waals surface area contributed by atoms with E-state index in [0.29, 0.717) is 28.7 Å². The van der Waals surface area contributed by atoms with Gasteiger partial charge in [-0.15, -0.1) is 0 Å². The van der Waals surface area contributed by atoms with Gasteiger partial charge < -0.3 is 41.0 Å². The number of esters is 1. The zero-order valence-electron chi connectivity index (χ0n) is 20.4. The largest absolute Gasteiger partial charge is 1.00 e. The fourth-order valence-electron chi connectivity index (χ4n) is 5.12. The van der Waals surface area contributed by atoms with E-state index in [0.717, 1.165) is 25.9 Å². The van der Waals surface area contributed by atoms with Crippen LogP contribution in [0.25, 0.3) is 0 Å². The van der Waals surface area contributed by atoms with Crippen molar-refractivity contribution >= 4 is 17.8 Å². The minimum absolute atomic E-state index is 0. The van der Waals surface area contributed by atoms with Crippen LogP contribution in [0.15, 0.2) is 60.7 Å². The molecule has 36 heavy (non-hydrogen) atoms.